The molecule has 2 amide bonds. The van der Waals surface area contributed by atoms with Crippen molar-refractivity contribution in [2.24, 2.45) is 5.92 Å². The lowest BCUT2D eigenvalue weighted by Gasteiger charge is -2.26. The zero-order valence-electron chi connectivity index (χ0n) is 14.1. The van der Waals surface area contributed by atoms with Crippen molar-refractivity contribution in [2.45, 2.75) is 44.8 Å². The quantitative estimate of drug-likeness (QED) is 0.692. The largest absolute Gasteiger partial charge is 0.454 e. The van der Waals surface area contributed by atoms with Gasteiger partial charge in [-0.3, -0.25) is 9.59 Å². The van der Waals surface area contributed by atoms with Gasteiger partial charge in [0.05, 0.1) is 6.10 Å². The summed E-state index contributed by atoms with van der Waals surface area (Å²) in [7, 11) is 0. The Kier molecular flexibility index (Phi) is 5.75. The average molecular weight is 348 g/mol. The Morgan fingerprint density at radius 1 is 1.08 bits per heavy atom. The van der Waals surface area contributed by atoms with Crippen molar-refractivity contribution in [2.75, 3.05) is 13.3 Å². The van der Waals surface area contributed by atoms with Crippen molar-refractivity contribution in [3.63, 3.8) is 0 Å². The summed E-state index contributed by atoms with van der Waals surface area (Å²) in [5.41, 5.74) is 0.813. The van der Waals surface area contributed by atoms with Gasteiger partial charge in [-0.25, -0.2) is 0 Å². The first-order chi connectivity index (χ1) is 12.1. The van der Waals surface area contributed by atoms with Crippen LogP contribution < -0.4 is 20.1 Å². The maximum Gasteiger partial charge on any atom is 0.309 e. The molecule has 2 aliphatic rings. The number of fused-ring (bicyclic) bond motifs is 1. The molecule has 1 fully saturated rings. The molecule has 25 heavy (non-hydrogen) atoms. The Balaban J connectivity index is 1.41. The van der Waals surface area contributed by atoms with Gasteiger partial charge in [-0.05, 0) is 36.5 Å². The second-order valence-corrected chi connectivity index (χ2v) is 6.55. The minimum atomic E-state index is -0.726. The lowest BCUT2D eigenvalue weighted by atomic mass is 9.85. The first-order valence-electron chi connectivity index (χ1n) is 8.76. The van der Waals surface area contributed by atoms with E-state index in [1.807, 2.05) is 0 Å². The number of carbonyl (C=O) groups excluding carboxylic acids is 2. The molecule has 7 heteroatoms. The van der Waals surface area contributed by atoms with Crippen LogP contribution in [0.15, 0.2) is 18.2 Å². The van der Waals surface area contributed by atoms with Crippen LogP contribution in [0.4, 0.5) is 0 Å². The second kappa shape index (κ2) is 8.20. The van der Waals surface area contributed by atoms with E-state index in [0.29, 0.717) is 11.5 Å². The third kappa shape index (κ3) is 4.63. The minimum absolute atomic E-state index is 0.112. The first kappa shape index (κ1) is 17.5. The maximum absolute atomic E-state index is 11.9. The van der Waals surface area contributed by atoms with Gasteiger partial charge in [0.1, 0.15) is 0 Å². The molecule has 1 aromatic rings. The van der Waals surface area contributed by atoms with Crippen LogP contribution in [-0.2, 0) is 16.1 Å². The highest BCUT2D eigenvalue weighted by molar-refractivity contribution is 6.35. The molecule has 0 unspecified atom stereocenters. The Morgan fingerprint density at radius 2 is 1.80 bits per heavy atom. The number of nitrogens with one attached hydrogen (secondary N) is 2. The fraction of sp³-hybridized carbons (Fsp3) is 0.556. The van der Waals surface area contributed by atoms with E-state index >= 15 is 0 Å². The Bertz CT molecular complexity index is 628. The molecule has 136 valence electrons. The number of rotatable bonds is 5. The monoisotopic (exact) mass is 348 g/mol. The molecule has 1 atom stereocenters. The Hall–Kier alpha value is -2.28. The molecule has 3 rings (SSSR count). The molecular weight excluding hydrogens is 324 g/mol. The van der Waals surface area contributed by atoms with Crippen LogP contribution in [0.1, 0.15) is 37.7 Å². The first-order valence-corrected chi connectivity index (χ1v) is 8.76. The van der Waals surface area contributed by atoms with Gasteiger partial charge in [-0.2, -0.15) is 0 Å². The second-order valence-electron chi connectivity index (χ2n) is 6.55. The molecule has 0 saturated heterocycles. The third-order valence-corrected chi connectivity index (χ3v) is 4.76. The minimum Gasteiger partial charge on any atom is -0.454 e. The van der Waals surface area contributed by atoms with Gasteiger partial charge in [0.2, 0.25) is 6.79 Å². The van der Waals surface area contributed by atoms with Gasteiger partial charge >= 0.3 is 11.8 Å². The van der Waals surface area contributed by atoms with Gasteiger partial charge in [0, 0.05) is 13.1 Å². The third-order valence-electron chi connectivity index (χ3n) is 4.76. The van der Waals surface area contributed by atoms with E-state index in [2.05, 4.69) is 10.6 Å². The molecule has 0 spiro atoms. The summed E-state index contributed by atoms with van der Waals surface area (Å²) in [5, 5.41) is 15.2. The molecule has 1 aromatic carbocycles. The lowest BCUT2D eigenvalue weighted by Crippen LogP contribution is -2.44. The summed E-state index contributed by atoms with van der Waals surface area (Å²) in [6.07, 6.45) is 4.81. The van der Waals surface area contributed by atoms with E-state index in [9.17, 15) is 14.7 Å². The van der Waals surface area contributed by atoms with E-state index in [0.717, 1.165) is 31.2 Å². The van der Waals surface area contributed by atoms with Gasteiger partial charge < -0.3 is 25.2 Å². The summed E-state index contributed by atoms with van der Waals surface area (Å²) >= 11 is 0. The number of carbonyl (C=O) groups is 2. The van der Waals surface area contributed by atoms with Crippen molar-refractivity contribution in [1.82, 2.24) is 10.6 Å². The van der Waals surface area contributed by atoms with E-state index in [1.54, 1.807) is 18.2 Å². The molecule has 0 bridgehead atoms. The topological polar surface area (TPSA) is 96.9 Å². The standard InChI is InChI=1S/C18H24N2O5/c21-14(13-4-2-1-3-5-13)10-20-18(23)17(22)19-9-12-6-7-15-16(8-12)25-11-24-15/h6-8,13-14,21H,1-5,9-11H2,(H,19,22)(H,20,23)/t14-/m0/s1. The van der Waals surface area contributed by atoms with Crippen LogP contribution in [-0.4, -0.2) is 36.4 Å². The summed E-state index contributed by atoms with van der Waals surface area (Å²) in [5.74, 6) is 0.0752. The summed E-state index contributed by atoms with van der Waals surface area (Å²) in [6, 6.07) is 5.34. The number of amides is 2. The number of benzene rings is 1. The van der Waals surface area contributed by atoms with Crippen LogP contribution in [0.3, 0.4) is 0 Å². The summed E-state index contributed by atoms with van der Waals surface area (Å²) < 4.78 is 10.5. The van der Waals surface area contributed by atoms with E-state index < -0.39 is 17.9 Å². The lowest BCUT2D eigenvalue weighted by molar-refractivity contribution is -0.139. The van der Waals surface area contributed by atoms with Crippen molar-refractivity contribution in [3.05, 3.63) is 23.8 Å². The Morgan fingerprint density at radius 3 is 2.60 bits per heavy atom. The number of aliphatic hydroxyl groups excluding tert-OH is 1. The number of hydrogen-bond acceptors (Lipinski definition) is 5. The van der Waals surface area contributed by atoms with Crippen LogP contribution in [0.2, 0.25) is 0 Å². The number of hydrogen-bond donors (Lipinski definition) is 3. The highest BCUT2D eigenvalue weighted by atomic mass is 16.7. The van der Waals surface area contributed by atoms with Gasteiger partial charge in [0.25, 0.3) is 0 Å². The van der Waals surface area contributed by atoms with Crippen LogP contribution >= 0.6 is 0 Å². The van der Waals surface area contributed by atoms with Gasteiger partial charge in [-0.1, -0.05) is 25.3 Å². The van der Waals surface area contributed by atoms with E-state index in [-0.39, 0.29) is 25.8 Å². The number of ether oxygens (including phenoxy) is 2. The fourth-order valence-corrected chi connectivity index (χ4v) is 3.28. The summed E-state index contributed by atoms with van der Waals surface area (Å²) in [4.78, 5) is 23.7. The van der Waals surface area contributed by atoms with Crippen LogP contribution in [0, 0.1) is 5.92 Å². The maximum atomic E-state index is 11.9. The molecule has 1 aliphatic heterocycles. The predicted molar refractivity (Wildman–Crippen MR) is 90.0 cm³/mol. The molecule has 7 nitrogen and oxygen atoms in total. The molecule has 3 N–H and O–H groups in total. The highest BCUT2D eigenvalue weighted by Crippen LogP contribution is 2.32. The zero-order valence-corrected chi connectivity index (χ0v) is 14.1. The molecule has 1 heterocycles. The van der Waals surface area contributed by atoms with Crippen molar-refractivity contribution >= 4 is 11.8 Å². The van der Waals surface area contributed by atoms with Crippen LogP contribution in [0.25, 0.3) is 0 Å². The zero-order chi connectivity index (χ0) is 17.6. The van der Waals surface area contributed by atoms with E-state index in [1.165, 1.54) is 6.42 Å². The molecule has 1 aliphatic carbocycles. The molecule has 0 aromatic heterocycles. The summed E-state index contributed by atoms with van der Waals surface area (Å²) in [6.45, 7) is 0.520. The smallest absolute Gasteiger partial charge is 0.309 e. The molecular formula is C18H24N2O5. The normalized spacial score (nSPS) is 17.8. The van der Waals surface area contributed by atoms with Crippen molar-refractivity contribution in [3.8, 4) is 11.5 Å². The van der Waals surface area contributed by atoms with Crippen molar-refractivity contribution in [1.29, 1.82) is 0 Å². The van der Waals surface area contributed by atoms with Gasteiger partial charge in [0.15, 0.2) is 11.5 Å². The highest BCUT2D eigenvalue weighted by Gasteiger charge is 2.23. The van der Waals surface area contributed by atoms with Crippen molar-refractivity contribution < 1.29 is 24.2 Å². The van der Waals surface area contributed by atoms with E-state index in [4.69, 9.17) is 9.47 Å². The predicted octanol–water partition coefficient (Wildman–Crippen LogP) is 1.09. The molecule has 0 radical (unpaired) electrons. The fourth-order valence-electron chi connectivity index (χ4n) is 3.28. The van der Waals surface area contributed by atoms with Crippen LogP contribution in [0.5, 0.6) is 11.5 Å². The SMILES string of the molecule is O=C(NCc1ccc2c(c1)OCO2)C(=O)NC[C@H](O)C1CCCCC1. The number of aliphatic hydroxyl groups is 1. The molecule has 1 saturated carbocycles. The Labute approximate surface area is 146 Å². The average Bonchev–Trinajstić information content (AvgIpc) is 3.12. The van der Waals surface area contributed by atoms with Gasteiger partial charge in [-0.15, -0.1) is 0 Å².